The summed E-state index contributed by atoms with van der Waals surface area (Å²) in [6.07, 6.45) is 0. The van der Waals surface area contributed by atoms with Crippen molar-refractivity contribution in [3.05, 3.63) is 86.3 Å². The molecule has 0 saturated heterocycles. The summed E-state index contributed by atoms with van der Waals surface area (Å²) >= 11 is 0. The first kappa shape index (κ1) is 23.1. The predicted molar refractivity (Wildman–Crippen MR) is 120 cm³/mol. The summed E-state index contributed by atoms with van der Waals surface area (Å²) in [5, 5.41) is 20.3. The highest BCUT2D eigenvalue weighted by Crippen LogP contribution is 2.22. The molecule has 0 spiro atoms. The molecule has 0 radical (unpaired) electrons. The standard InChI is InChI=1S/C22H21N5O6/c1-3-33-16-10-8-15(9-11-16)24-20(29)13-23-22(30)21-19(28)12-14(2)26(25-21)17-6-4-5-7-18(17)27(31)32/h4-12H,3,13H2,1-2H3,(H,23,30)(H,24,29). The zero-order chi connectivity index (χ0) is 24.0. The number of anilines is 1. The van der Waals surface area contributed by atoms with Gasteiger partial charge < -0.3 is 15.4 Å². The third-order valence-electron chi connectivity index (χ3n) is 4.49. The number of hydrogen-bond donors (Lipinski definition) is 2. The van der Waals surface area contributed by atoms with Gasteiger partial charge in [0.25, 0.3) is 11.6 Å². The Labute approximate surface area is 188 Å². The summed E-state index contributed by atoms with van der Waals surface area (Å²) in [6.45, 7) is 3.50. The van der Waals surface area contributed by atoms with Gasteiger partial charge in [0.15, 0.2) is 5.69 Å². The number of amides is 2. The van der Waals surface area contributed by atoms with E-state index in [9.17, 15) is 24.5 Å². The van der Waals surface area contributed by atoms with Crippen molar-refractivity contribution in [3.8, 4) is 11.4 Å². The molecule has 1 aromatic heterocycles. The summed E-state index contributed by atoms with van der Waals surface area (Å²) in [7, 11) is 0. The maximum atomic E-state index is 12.5. The topological polar surface area (TPSA) is 145 Å². The molecule has 2 aromatic carbocycles. The smallest absolute Gasteiger partial charge is 0.294 e. The summed E-state index contributed by atoms with van der Waals surface area (Å²) in [6, 6.07) is 13.7. The van der Waals surface area contributed by atoms with E-state index in [1.54, 1.807) is 30.3 Å². The number of nitro benzene ring substituents is 1. The second kappa shape index (κ2) is 10.2. The minimum atomic E-state index is -0.880. The largest absolute Gasteiger partial charge is 0.494 e. The number of carbonyl (C=O) groups excluding carboxylic acids is 2. The van der Waals surface area contributed by atoms with Gasteiger partial charge in [-0.2, -0.15) is 5.10 Å². The molecular formula is C22H21N5O6. The fraction of sp³-hybridized carbons (Fsp3) is 0.182. The molecule has 0 unspecified atom stereocenters. The Hall–Kier alpha value is -4.54. The lowest BCUT2D eigenvalue weighted by Crippen LogP contribution is -2.37. The Morgan fingerprint density at radius 1 is 1.15 bits per heavy atom. The van der Waals surface area contributed by atoms with Crippen LogP contribution in [0.2, 0.25) is 0 Å². The van der Waals surface area contributed by atoms with Crippen molar-refractivity contribution < 1.29 is 19.2 Å². The average Bonchev–Trinajstić information content (AvgIpc) is 2.79. The highest BCUT2D eigenvalue weighted by Gasteiger charge is 2.20. The van der Waals surface area contributed by atoms with Gasteiger partial charge in [0.1, 0.15) is 11.4 Å². The molecule has 0 aliphatic heterocycles. The van der Waals surface area contributed by atoms with Gasteiger partial charge in [0.05, 0.1) is 18.1 Å². The van der Waals surface area contributed by atoms with Crippen LogP contribution in [0.25, 0.3) is 5.69 Å². The molecular weight excluding hydrogens is 430 g/mol. The number of aryl methyl sites for hydroxylation is 1. The highest BCUT2D eigenvalue weighted by molar-refractivity contribution is 5.98. The Bertz CT molecular complexity index is 1250. The molecule has 0 bridgehead atoms. The summed E-state index contributed by atoms with van der Waals surface area (Å²) in [4.78, 5) is 47.8. The maximum Gasteiger partial charge on any atom is 0.294 e. The van der Waals surface area contributed by atoms with Crippen molar-refractivity contribution in [1.82, 2.24) is 15.1 Å². The lowest BCUT2D eigenvalue weighted by atomic mass is 10.2. The SMILES string of the molecule is CCOc1ccc(NC(=O)CNC(=O)c2nn(-c3ccccc3[N+](=O)[O-])c(C)cc2=O)cc1. The zero-order valence-electron chi connectivity index (χ0n) is 17.9. The van der Waals surface area contributed by atoms with E-state index < -0.39 is 34.4 Å². The summed E-state index contributed by atoms with van der Waals surface area (Å²) in [5.74, 6) is -0.739. The van der Waals surface area contributed by atoms with E-state index in [2.05, 4.69) is 15.7 Å². The van der Waals surface area contributed by atoms with E-state index >= 15 is 0 Å². The number of nitro groups is 1. The van der Waals surface area contributed by atoms with E-state index in [1.165, 1.54) is 25.1 Å². The third kappa shape index (κ3) is 5.58. The fourth-order valence-electron chi connectivity index (χ4n) is 3.00. The quantitative estimate of drug-likeness (QED) is 0.394. The first-order valence-electron chi connectivity index (χ1n) is 9.96. The van der Waals surface area contributed by atoms with E-state index in [4.69, 9.17) is 4.74 Å². The second-order valence-corrected chi connectivity index (χ2v) is 6.84. The molecule has 2 N–H and O–H groups in total. The zero-order valence-corrected chi connectivity index (χ0v) is 17.9. The van der Waals surface area contributed by atoms with E-state index in [0.717, 1.165) is 10.7 Å². The fourth-order valence-corrected chi connectivity index (χ4v) is 3.00. The van der Waals surface area contributed by atoms with Crippen molar-refractivity contribution in [3.63, 3.8) is 0 Å². The molecule has 0 aliphatic rings. The number of ether oxygens (including phenoxy) is 1. The van der Waals surface area contributed by atoms with Gasteiger partial charge in [-0.25, -0.2) is 4.68 Å². The minimum absolute atomic E-state index is 0.0993. The summed E-state index contributed by atoms with van der Waals surface area (Å²) in [5.41, 5.74) is -0.497. The van der Waals surface area contributed by atoms with Gasteiger partial charge in [-0.1, -0.05) is 12.1 Å². The molecule has 0 atom stereocenters. The van der Waals surface area contributed by atoms with Crippen LogP contribution in [-0.2, 0) is 4.79 Å². The van der Waals surface area contributed by atoms with Crippen LogP contribution >= 0.6 is 0 Å². The molecule has 0 aliphatic carbocycles. The van der Waals surface area contributed by atoms with Crippen molar-refractivity contribution >= 4 is 23.2 Å². The first-order chi connectivity index (χ1) is 15.8. The average molecular weight is 451 g/mol. The van der Waals surface area contributed by atoms with Gasteiger partial charge in [-0.15, -0.1) is 0 Å². The Morgan fingerprint density at radius 3 is 2.52 bits per heavy atom. The molecule has 33 heavy (non-hydrogen) atoms. The van der Waals surface area contributed by atoms with Gasteiger partial charge in [0.2, 0.25) is 11.3 Å². The predicted octanol–water partition coefficient (Wildman–Crippen LogP) is 2.22. The molecule has 1 heterocycles. The number of nitrogens with one attached hydrogen (secondary N) is 2. The molecule has 0 fully saturated rings. The molecule has 0 saturated carbocycles. The number of para-hydroxylation sites is 2. The van der Waals surface area contributed by atoms with Gasteiger partial charge >= 0.3 is 0 Å². The second-order valence-electron chi connectivity index (χ2n) is 6.84. The van der Waals surface area contributed by atoms with Crippen LogP contribution in [0.15, 0.2) is 59.4 Å². The number of carbonyl (C=O) groups is 2. The number of nitrogens with zero attached hydrogens (tertiary/aromatic N) is 3. The molecule has 2 amide bonds. The monoisotopic (exact) mass is 451 g/mol. The molecule has 3 aromatic rings. The Balaban J connectivity index is 1.74. The van der Waals surface area contributed by atoms with Crippen LogP contribution in [0.5, 0.6) is 5.75 Å². The van der Waals surface area contributed by atoms with Crippen molar-refractivity contribution in [2.45, 2.75) is 13.8 Å². The van der Waals surface area contributed by atoms with Crippen LogP contribution in [0, 0.1) is 17.0 Å². The molecule has 11 nitrogen and oxygen atoms in total. The lowest BCUT2D eigenvalue weighted by molar-refractivity contribution is -0.384. The van der Waals surface area contributed by atoms with E-state index in [-0.39, 0.29) is 11.4 Å². The van der Waals surface area contributed by atoms with E-state index in [1.807, 2.05) is 6.92 Å². The van der Waals surface area contributed by atoms with E-state index in [0.29, 0.717) is 23.7 Å². The summed E-state index contributed by atoms with van der Waals surface area (Å²) < 4.78 is 6.48. The molecule has 11 heteroatoms. The lowest BCUT2D eigenvalue weighted by Gasteiger charge is -2.12. The van der Waals surface area contributed by atoms with Gasteiger partial charge in [-0.3, -0.25) is 24.5 Å². The normalized spacial score (nSPS) is 10.4. The van der Waals surface area contributed by atoms with Crippen LogP contribution in [0.4, 0.5) is 11.4 Å². The Kier molecular flexibility index (Phi) is 7.13. The molecule has 170 valence electrons. The minimum Gasteiger partial charge on any atom is -0.494 e. The number of benzene rings is 2. The first-order valence-corrected chi connectivity index (χ1v) is 9.96. The highest BCUT2D eigenvalue weighted by atomic mass is 16.6. The third-order valence-corrected chi connectivity index (χ3v) is 4.49. The van der Waals surface area contributed by atoms with Gasteiger partial charge in [-0.05, 0) is 44.2 Å². The van der Waals surface area contributed by atoms with Crippen LogP contribution in [0.3, 0.4) is 0 Å². The van der Waals surface area contributed by atoms with Crippen molar-refractivity contribution in [2.75, 3.05) is 18.5 Å². The van der Waals surface area contributed by atoms with Crippen LogP contribution < -0.4 is 20.8 Å². The van der Waals surface area contributed by atoms with Gasteiger partial charge in [0, 0.05) is 23.5 Å². The number of rotatable bonds is 8. The van der Waals surface area contributed by atoms with Crippen LogP contribution in [-0.4, -0.2) is 39.7 Å². The maximum absolute atomic E-state index is 12.5. The van der Waals surface area contributed by atoms with Crippen LogP contribution in [0.1, 0.15) is 23.1 Å². The molecule has 3 rings (SSSR count). The number of hydrogen-bond acceptors (Lipinski definition) is 7. The Morgan fingerprint density at radius 2 is 1.85 bits per heavy atom. The van der Waals surface area contributed by atoms with Crippen molar-refractivity contribution in [1.29, 1.82) is 0 Å². The number of aromatic nitrogens is 2. The van der Waals surface area contributed by atoms with Crippen molar-refractivity contribution in [2.24, 2.45) is 0 Å².